The topological polar surface area (TPSA) is 91.3 Å². The number of hydrogen-bond acceptors (Lipinski definition) is 3. The number of amides is 2. The van der Waals surface area contributed by atoms with Crippen LogP contribution in [0.4, 0.5) is 10.5 Å². The third-order valence-corrected chi connectivity index (χ3v) is 2.44. The Morgan fingerprint density at radius 3 is 2.47 bits per heavy atom. The molecule has 3 N–H and O–H groups in total. The van der Waals surface area contributed by atoms with Gasteiger partial charge in [0.1, 0.15) is 5.69 Å². The van der Waals surface area contributed by atoms with Gasteiger partial charge in [0.25, 0.3) is 0 Å². The normalized spacial score (nSPS) is 12.0. The highest BCUT2D eigenvalue weighted by molar-refractivity contribution is 5.90. The first-order valence-corrected chi connectivity index (χ1v) is 6.15. The van der Waals surface area contributed by atoms with Gasteiger partial charge in [0, 0.05) is 6.04 Å². The zero-order chi connectivity index (χ0) is 14.4. The van der Waals surface area contributed by atoms with E-state index in [1.165, 1.54) is 18.3 Å². The second-order valence-corrected chi connectivity index (χ2v) is 4.87. The summed E-state index contributed by atoms with van der Waals surface area (Å²) in [6, 6.07) is 2.60. The fourth-order valence-corrected chi connectivity index (χ4v) is 1.75. The molecule has 0 bridgehead atoms. The molecular weight excluding hydrogens is 246 g/mol. The number of pyridine rings is 1. The molecule has 1 aromatic rings. The van der Waals surface area contributed by atoms with Gasteiger partial charge in [-0.3, -0.25) is 0 Å². The van der Waals surface area contributed by atoms with Gasteiger partial charge in [-0.2, -0.15) is 0 Å². The average molecular weight is 265 g/mol. The summed E-state index contributed by atoms with van der Waals surface area (Å²) in [5.41, 5.74) is 0.401. The molecule has 6 heteroatoms. The largest absolute Gasteiger partial charge is 0.477 e. The minimum absolute atomic E-state index is 0.0564. The molecule has 1 aromatic heterocycles. The molecule has 0 aliphatic rings. The van der Waals surface area contributed by atoms with Gasteiger partial charge >= 0.3 is 12.0 Å². The van der Waals surface area contributed by atoms with Crippen molar-refractivity contribution < 1.29 is 14.7 Å². The van der Waals surface area contributed by atoms with E-state index in [9.17, 15) is 9.59 Å². The number of aromatic carboxylic acids is 1. The standard InChI is InChI=1S/C13H19N3O3/c1-8(2)6-9(3)15-13(19)16-10-4-5-11(12(17)18)14-7-10/h4-5,7-9H,6H2,1-3H3,(H,17,18)(H2,15,16,19). The number of carboxylic acid groups (broad SMARTS) is 1. The fraction of sp³-hybridized carbons (Fsp3) is 0.462. The van der Waals surface area contributed by atoms with E-state index < -0.39 is 5.97 Å². The summed E-state index contributed by atoms with van der Waals surface area (Å²) in [5, 5.41) is 14.1. The van der Waals surface area contributed by atoms with Gasteiger partial charge in [-0.15, -0.1) is 0 Å². The van der Waals surface area contributed by atoms with Crippen molar-refractivity contribution in [3.63, 3.8) is 0 Å². The Bertz CT molecular complexity index is 443. The van der Waals surface area contributed by atoms with Gasteiger partial charge in [0.15, 0.2) is 0 Å². The predicted octanol–water partition coefficient (Wildman–Crippen LogP) is 2.34. The molecule has 0 radical (unpaired) electrons. The first kappa shape index (κ1) is 14.9. The molecule has 1 heterocycles. The van der Waals surface area contributed by atoms with Gasteiger partial charge in [-0.25, -0.2) is 14.6 Å². The second kappa shape index (κ2) is 6.72. The van der Waals surface area contributed by atoms with Crippen LogP contribution in [0.2, 0.25) is 0 Å². The lowest BCUT2D eigenvalue weighted by Crippen LogP contribution is -2.36. The van der Waals surface area contributed by atoms with Gasteiger partial charge in [0.2, 0.25) is 0 Å². The number of rotatable bonds is 5. The first-order chi connectivity index (χ1) is 8.88. The molecule has 0 fully saturated rings. The highest BCUT2D eigenvalue weighted by Crippen LogP contribution is 2.07. The summed E-state index contributed by atoms with van der Waals surface area (Å²) in [5.74, 6) is -0.589. The van der Waals surface area contributed by atoms with E-state index in [1.54, 1.807) is 0 Å². The zero-order valence-electron chi connectivity index (χ0n) is 11.3. The second-order valence-electron chi connectivity index (χ2n) is 4.87. The molecule has 104 valence electrons. The Hall–Kier alpha value is -2.11. The summed E-state index contributed by atoms with van der Waals surface area (Å²) in [4.78, 5) is 26.0. The predicted molar refractivity (Wildman–Crippen MR) is 72.3 cm³/mol. The molecule has 0 aliphatic heterocycles. The van der Waals surface area contributed by atoms with E-state index in [1.807, 2.05) is 6.92 Å². The van der Waals surface area contributed by atoms with E-state index in [2.05, 4.69) is 29.5 Å². The molecule has 1 atom stereocenters. The van der Waals surface area contributed by atoms with Crippen molar-refractivity contribution in [3.05, 3.63) is 24.0 Å². The first-order valence-electron chi connectivity index (χ1n) is 6.15. The van der Waals surface area contributed by atoms with Crippen molar-refractivity contribution in [2.75, 3.05) is 5.32 Å². The lowest BCUT2D eigenvalue weighted by atomic mass is 10.1. The summed E-state index contributed by atoms with van der Waals surface area (Å²) in [7, 11) is 0. The molecule has 2 amide bonds. The van der Waals surface area contributed by atoms with Crippen molar-refractivity contribution in [1.29, 1.82) is 0 Å². The van der Waals surface area contributed by atoms with E-state index in [0.717, 1.165) is 6.42 Å². The van der Waals surface area contributed by atoms with Crippen LogP contribution in [0.15, 0.2) is 18.3 Å². The van der Waals surface area contributed by atoms with Crippen LogP contribution in [0.1, 0.15) is 37.7 Å². The molecule has 0 aromatic carbocycles. The van der Waals surface area contributed by atoms with Crippen LogP contribution in [0.25, 0.3) is 0 Å². The number of carbonyl (C=O) groups is 2. The number of carbonyl (C=O) groups excluding carboxylic acids is 1. The smallest absolute Gasteiger partial charge is 0.354 e. The number of aromatic nitrogens is 1. The number of nitrogens with zero attached hydrogens (tertiary/aromatic N) is 1. The minimum atomic E-state index is -1.10. The van der Waals surface area contributed by atoms with Crippen molar-refractivity contribution in [1.82, 2.24) is 10.3 Å². The number of hydrogen-bond donors (Lipinski definition) is 3. The van der Waals surface area contributed by atoms with Crippen LogP contribution in [0, 0.1) is 5.92 Å². The van der Waals surface area contributed by atoms with E-state index >= 15 is 0 Å². The zero-order valence-corrected chi connectivity index (χ0v) is 11.3. The Morgan fingerprint density at radius 1 is 1.32 bits per heavy atom. The Labute approximate surface area is 112 Å². The number of urea groups is 1. The van der Waals surface area contributed by atoms with Crippen LogP contribution >= 0.6 is 0 Å². The van der Waals surface area contributed by atoms with E-state index in [-0.39, 0.29) is 17.8 Å². The lowest BCUT2D eigenvalue weighted by Gasteiger charge is -2.16. The molecule has 6 nitrogen and oxygen atoms in total. The van der Waals surface area contributed by atoms with Crippen molar-refractivity contribution in [2.45, 2.75) is 33.2 Å². The number of nitrogens with one attached hydrogen (secondary N) is 2. The van der Waals surface area contributed by atoms with Crippen LogP contribution < -0.4 is 10.6 Å². The Morgan fingerprint density at radius 2 is 2.00 bits per heavy atom. The monoisotopic (exact) mass is 265 g/mol. The third-order valence-electron chi connectivity index (χ3n) is 2.44. The SMILES string of the molecule is CC(C)CC(C)NC(=O)Nc1ccc(C(=O)O)nc1. The molecular formula is C13H19N3O3. The highest BCUT2D eigenvalue weighted by Gasteiger charge is 2.10. The maximum absolute atomic E-state index is 11.7. The Balaban J connectivity index is 2.50. The van der Waals surface area contributed by atoms with Crippen molar-refractivity contribution >= 4 is 17.7 Å². The quantitative estimate of drug-likeness (QED) is 0.762. The van der Waals surface area contributed by atoms with Gasteiger partial charge < -0.3 is 15.7 Å². The number of carboxylic acids is 1. The summed E-state index contributed by atoms with van der Waals surface area (Å²) in [6.45, 7) is 6.11. The summed E-state index contributed by atoms with van der Waals surface area (Å²) >= 11 is 0. The average Bonchev–Trinajstić information content (AvgIpc) is 2.27. The molecule has 0 saturated carbocycles. The van der Waals surface area contributed by atoms with Crippen LogP contribution in [0.3, 0.4) is 0 Å². The summed E-state index contributed by atoms with van der Waals surface area (Å²) < 4.78 is 0. The van der Waals surface area contributed by atoms with Crippen LogP contribution in [0.5, 0.6) is 0 Å². The molecule has 1 unspecified atom stereocenters. The van der Waals surface area contributed by atoms with Crippen molar-refractivity contribution in [3.8, 4) is 0 Å². The van der Waals surface area contributed by atoms with Crippen LogP contribution in [-0.2, 0) is 0 Å². The van der Waals surface area contributed by atoms with Crippen LogP contribution in [-0.4, -0.2) is 28.1 Å². The Kier molecular flexibility index (Phi) is 5.29. The van der Waals surface area contributed by atoms with Gasteiger partial charge in [0.05, 0.1) is 11.9 Å². The van der Waals surface area contributed by atoms with Gasteiger partial charge in [-0.05, 0) is 31.4 Å². The maximum Gasteiger partial charge on any atom is 0.354 e. The van der Waals surface area contributed by atoms with Crippen molar-refractivity contribution in [2.24, 2.45) is 5.92 Å². The molecule has 0 aliphatic carbocycles. The minimum Gasteiger partial charge on any atom is -0.477 e. The fourth-order valence-electron chi connectivity index (χ4n) is 1.75. The molecule has 0 spiro atoms. The molecule has 19 heavy (non-hydrogen) atoms. The maximum atomic E-state index is 11.7. The number of anilines is 1. The van der Waals surface area contributed by atoms with Gasteiger partial charge in [-0.1, -0.05) is 13.8 Å². The van der Waals surface area contributed by atoms with E-state index in [0.29, 0.717) is 11.6 Å². The molecule has 0 saturated heterocycles. The third kappa shape index (κ3) is 5.37. The van der Waals surface area contributed by atoms with E-state index in [4.69, 9.17) is 5.11 Å². The highest BCUT2D eigenvalue weighted by atomic mass is 16.4. The summed E-state index contributed by atoms with van der Waals surface area (Å²) in [6.07, 6.45) is 2.21. The molecule has 1 rings (SSSR count). The lowest BCUT2D eigenvalue weighted by molar-refractivity contribution is 0.0690.